The Balaban J connectivity index is 1.68. The van der Waals surface area contributed by atoms with E-state index in [1.54, 1.807) is 12.1 Å². The SMILES string of the molecule is COc1cc(-c2cc3c(O[C@@H]4O[C@H](CO)[C@@H](O)C(O)C4O)c(-c4cc(OC)c(O)c(OC)c4)oc4cc(=[OH+])cc(o2)c43)ccc1O. The first-order valence-electron chi connectivity index (χ1n) is 13.9. The van der Waals surface area contributed by atoms with Crippen molar-refractivity contribution >= 4 is 21.9 Å². The van der Waals surface area contributed by atoms with Crippen molar-refractivity contribution in [3.8, 4) is 57.1 Å². The van der Waals surface area contributed by atoms with Gasteiger partial charge >= 0.3 is 5.43 Å². The molecule has 2 aromatic heterocycles. The molecule has 242 valence electrons. The van der Waals surface area contributed by atoms with Crippen LogP contribution in [-0.2, 0) is 4.74 Å². The first kappa shape index (κ1) is 31.0. The Kier molecular flexibility index (Phi) is 8.14. The fourth-order valence-corrected chi connectivity index (χ4v) is 5.40. The normalized spacial score (nSPS) is 21.4. The van der Waals surface area contributed by atoms with Crippen molar-refractivity contribution in [2.45, 2.75) is 30.7 Å². The van der Waals surface area contributed by atoms with Crippen LogP contribution in [0.25, 0.3) is 44.6 Å². The van der Waals surface area contributed by atoms with Crippen LogP contribution in [0.4, 0.5) is 0 Å². The van der Waals surface area contributed by atoms with Crippen LogP contribution < -0.4 is 24.4 Å². The average Bonchev–Trinajstić information content (AvgIpc) is 3.05. The first-order valence-corrected chi connectivity index (χ1v) is 13.9. The number of ether oxygens (including phenoxy) is 5. The summed E-state index contributed by atoms with van der Waals surface area (Å²) in [6.07, 6.45) is -8.06. The molecule has 1 aliphatic rings. The fourth-order valence-electron chi connectivity index (χ4n) is 5.40. The second-order valence-electron chi connectivity index (χ2n) is 10.5. The lowest BCUT2D eigenvalue weighted by atomic mass is 9.99. The Morgan fingerprint density at radius 2 is 1.39 bits per heavy atom. The molecule has 0 spiro atoms. The maximum Gasteiger partial charge on any atom is 0.347 e. The van der Waals surface area contributed by atoms with Gasteiger partial charge in [-0.25, -0.2) is 0 Å². The third-order valence-electron chi connectivity index (χ3n) is 7.77. The highest BCUT2D eigenvalue weighted by Gasteiger charge is 2.45. The fraction of sp³-hybridized carbons (Fsp3) is 0.281. The van der Waals surface area contributed by atoms with Gasteiger partial charge in [-0.15, -0.1) is 0 Å². The zero-order valence-corrected chi connectivity index (χ0v) is 24.7. The van der Waals surface area contributed by atoms with Gasteiger partial charge in [0.05, 0.1) is 45.5 Å². The number of hydrogen-bond acceptors (Lipinski definition) is 13. The first-order chi connectivity index (χ1) is 22.1. The zero-order valence-electron chi connectivity index (χ0n) is 24.7. The Morgan fingerprint density at radius 1 is 0.761 bits per heavy atom. The minimum absolute atomic E-state index is 0.0180. The van der Waals surface area contributed by atoms with Gasteiger partial charge in [0.2, 0.25) is 12.0 Å². The third-order valence-corrected chi connectivity index (χ3v) is 7.77. The number of methoxy groups -OCH3 is 3. The van der Waals surface area contributed by atoms with Gasteiger partial charge in [0.15, 0.2) is 34.5 Å². The molecule has 2 unspecified atom stereocenters. The molecule has 5 aromatic rings. The van der Waals surface area contributed by atoms with Crippen LogP contribution in [0.2, 0.25) is 0 Å². The molecule has 6 rings (SSSR count). The Morgan fingerprint density at radius 3 is 2.02 bits per heavy atom. The molecule has 7 N–H and O–H groups in total. The molecule has 3 aromatic carbocycles. The summed E-state index contributed by atoms with van der Waals surface area (Å²) in [5.41, 5.74) is 0.819. The van der Waals surface area contributed by atoms with Crippen molar-refractivity contribution in [2.75, 3.05) is 27.9 Å². The van der Waals surface area contributed by atoms with Crippen molar-refractivity contribution in [1.29, 1.82) is 0 Å². The number of phenols is 2. The van der Waals surface area contributed by atoms with Crippen molar-refractivity contribution in [2.24, 2.45) is 0 Å². The van der Waals surface area contributed by atoms with Gasteiger partial charge in [0.25, 0.3) is 0 Å². The molecule has 1 fully saturated rings. The summed E-state index contributed by atoms with van der Waals surface area (Å²) in [6.45, 7) is -0.691. The molecule has 14 nitrogen and oxygen atoms in total. The lowest BCUT2D eigenvalue weighted by molar-refractivity contribution is -0.277. The molecule has 0 bridgehead atoms. The summed E-state index contributed by atoms with van der Waals surface area (Å²) in [6, 6.07) is 11.7. The van der Waals surface area contributed by atoms with Gasteiger partial charge in [-0.2, -0.15) is 0 Å². The number of benzene rings is 3. The molecule has 3 heterocycles. The quantitative estimate of drug-likeness (QED) is 0.134. The smallest absolute Gasteiger partial charge is 0.347 e. The van der Waals surface area contributed by atoms with Crippen LogP contribution in [0, 0.1) is 0 Å². The summed E-state index contributed by atoms with van der Waals surface area (Å²) in [4.78, 5) is 10.6. The molecule has 14 heteroatoms. The molecule has 0 aliphatic carbocycles. The lowest BCUT2D eigenvalue weighted by Crippen LogP contribution is -2.60. The van der Waals surface area contributed by atoms with E-state index in [1.165, 1.54) is 57.7 Å². The van der Waals surface area contributed by atoms with E-state index in [2.05, 4.69) is 0 Å². The maximum atomic E-state index is 10.9. The second-order valence-corrected chi connectivity index (χ2v) is 10.5. The Hall–Kier alpha value is -4.99. The minimum atomic E-state index is -1.78. The minimum Gasteiger partial charge on any atom is -0.504 e. The van der Waals surface area contributed by atoms with Gasteiger partial charge in [-0.3, -0.25) is 4.79 Å². The molecule has 0 amide bonds. The molecule has 0 saturated carbocycles. The number of aromatic hydroxyl groups is 2. The van der Waals surface area contributed by atoms with E-state index in [0.717, 1.165) is 0 Å². The van der Waals surface area contributed by atoms with Crippen molar-refractivity contribution in [3.05, 3.63) is 54.0 Å². The summed E-state index contributed by atoms with van der Waals surface area (Å²) in [5.74, 6) is -0.0461. The van der Waals surface area contributed by atoms with E-state index in [9.17, 15) is 35.4 Å². The maximum absolute atomic E-state index is 10.9. The predicted molar refractivity (Wildman–Crippen MR) is 159 cm³/mol. The predicted octanol–water partition coefficient (Wildman–Crippen LogP) is 2.13. The topological polar surface area (TPSA) is 215 Å². The van der Waals surface area contributed by atoms with Gasteiger partial charge < -0.3 is 63.2 Å². The van der Waals surface area contributed by atoms with E-state index in [-0.39, 0.29) is 68.2 Å². The number of phenolic OH excluding ortho intramolecular Hbond substituents is 2. The van der Waals surface area contributed by atoms with E-state index in [4.69, 9.17) is 32.5 Å². The Bertz CT molecular complexity index is 1950. The summed E-state index contributed by atoms with van der Waals surface area (Å²) >= 11 is 0. The standard InChI is InChI=1S/C32H30O14/c1-40-19-6-13(4-5-17(19)35)18-11-16-25-20(43-18)9-15(34)10-21(25)44-30(14-7-22(41-2)26(36)23(8-14)42-3)31(16)46-32-29(39)28(38)27(37)24(12-33)45-32/h4-11,24,27-29,32-33,35-39H,12H2,1-3H3/p+1/t24-,27-,28?,29?,32+/m1/s1. The second kappa shape index (κ2) is 12.1. The molecule has 1 aliphatic heterocycles. The summed E-state index contributed by atoms with van der Waals surface area (Å²) < 4.78 is 40.3. The number of rotatable bonds is 8. The molecular weight excluding hydrogens is 608 g/mol. The molecule has 5 atom stereocenters. The Labute approximate surface area is 259 Å². The number of aliphatic hydroxyl groups is 4. The van der Waals surface area contributed by atoms with Gasteiger partial charge in [0, 0.05) is 16.5 Å². The zero-order chi connectivity index (χ0) is 32.9. The van der Waals surface area contributed by atoms with E-state index < -0.39 is 37.3 Å². The van der Waals surface area contributed by atoms with Crippen LogP contribution in [0.15, 0.2) is 57.4 Å². The van der Waals surface area contributed by atoms with Crippen molar-refractivity contribution in [1.82, 2.24) is 0 Å². The number of hydrogen-bond donors (Lipinski definition) is 6. The van der Waals surface area contributed by atoms with Gasteiger partial charge in [-0.1, -0.05) is 0 Å². The van der Waals surface area contributed by atoms with E-state index in [0.29, 0.717) is 16.3 Å². The van der Waals surface area contributed by atoms with Crippen LogP contribution in [-0.4, -0.2) is 94.1 Å². The average molecular weight is 640 g/mol. The molecule has 1 saturated heterocycles. The van der Waals surface area contributed by atoms with E-state index >= 15 is 0 Å². The summed E-state index contributed by atoms with van der Waals surface area (Å²) in [7, 11) is 4.07. The van der Waals surface area contributed by atoms with E-state index in [1.807, 2.05) is 0 Å². The monoisotopic (exact) mass is 639 g/mol. The highest BCUT2D eigenvalue weighted by molar-refractivity contribution is 6.10. The van der Waals surface area contributed by atoms with Crippen LogP contribution in [0.5, 0.6) is 34.5 Å². The van der Waals surface area contributed by atoms with Crippen molar-refractivity contribution in [3.63, 3.8) is 0 Å². The highest BCUT2D eigenvalue weighted by Crippen LogP contribution is 2.48. The van der Waals surface area contributed by atoms with Crippen LogP contribution >= 0.6 is 0 Å². The number of aliphatic hydroxyl groups excluding tert-OH is 4. The van der Waals surface area contributed by atoms with Gasteiger partial charge in [-0.05, 0) is 36.4 Å². The molecule has 46 heavy (non-hydrogen) atoms. The van der Waals surface area contributed by atoms with Crippen molar-refractivity contribution < 1.29 is 68.0 Å². The third kappa shape index (κ3) is 5.21. The lowest BCUT2D eigenvalue weighted by Gasteiger charge is -2.39. The largest absolute Gasteiger partial charge is 0.504 e. The van der Waals surface area contributed by atoms with Crippen LogP contribution in [0.1, 0.15) is 0 Å². The van der Waals surface area contributed by atoms with Crippen LogP contribution in [0.3, 0.4) is 0 Å². The van der Waals surface area contributed by atoms with Gasteiger partial charge in [0.1, 0.15) is 41.3 Å². The molecular formula is C32H31O14+. The highest BCUT2D eigenvalue weighted by atomic mass is 16.7. The summed E-state index contributed by atoms with van der Waals surface area (Å²) in [5, 5.41) is 62.9. The molecule has 0 radical (unpaired) electrons.